The zero-order valence-corrected chi connectivity index (χ0v) is 8.29. The van der Waals surface area contributed by atoms with Crippen molar-refractivity contribution in [2.75, 3.05) is 0 Å². The Bertz CT molecular complexity index is 528. The van der Waals surface area contributed by atoms with Crippen molar-refractivity contribution in [3.8, 4) is 0 Å². The fraction of sp³-hybridized carbons (Fsp3) is 0.273. The predicted octanol–water partition coefficient (Wildman–Crippen LogP) is 1.79. The number of rotatable bonds is 1. The lowest BCUT2D eigenvalue weighted by Gasteiger charge is -2.03. The van der Waals surface area contributed by atoms with E-state index in [1.165, 1.54) is 0 Å². The Morgan fingerprint density at radius 1 is 1.43 bits per heavy atom. The summed E-state index contributed by atoms with van der Waals surface area (Å²) in [7, 11) is 0. The first-order chi connectivity index (χ1) is 6.72. The summed E-state index contributed by atoms with van der Waals surface area (Å²) in [6.07, 6.45) is 4.30. The second-order valence-electron chi connectivity index (χ2n) is 3.39. The summed E-state index contributed by atoms with van der Waals surface area (Å²) >= 11 is 0. The van der Waals surface area contributed by atoms with Gasteiger partial charge in [-0.25, -0.2) is 0 Å². The Morgan fingerprint density at radius 3 is 2.93 bits per heavy atom. The van der Waals surface area contributed by atoms with Gasteiger partial charge >= 0.3 is 0 Å². The molecule has 0 amide bonds. The van der Waals surface area contributed by atoms with E-state index in [0.29, 0.717) is 5.39 Å². The SMILES string of the molecule is CCc1cncc2c(=O)cc(C)[nH]c12. The van der Waals surface area contributed by atoms with Gasteiger partial charge in [-0.2, -0.15) is 0 Å². The molecule has 0 aromatic carbocycles. The zero-order chi connectivity index (χ0) is 10.1. The van der Waals surface area contributed by atoms with Crippen LogP contribution in [0.2, 0.25) is 0 Å². The van der Waals surface area contributed by atoms with Crippen molar-refractivity contribution in [2.45, 2.75) is 20.3 Å². The summed E-state index contributed by atoms with van der Waals surface area (Å²) in [5.41, 5.74) is 2.94. The maximum atomic E-state index is 11.6. The van der Waals surface area contributed by atoms with E-state index in [1.807, 2.05) is 6.92 Å². The maximum absolute atomic E-state index is 11.6. The molecule has 2 heterocycles. The molecule has 0 radical (unpaired) electrons. The summed E-state index contributed by atoms with van der Waals surface area (Å²) in [6, 6.07) is 1.60. The van der Waals surface area contributed by atoms with Gasteiger partial charge in [0.2, 0.25) is 0 Å². The van der Waals surface area contributed by atoms with Crippen molar-refractivity contribution >= 4 is 10.9 Å². The molecule has 0 atom stereocenters. The summed E-state index contributed by atoms with van der Waals surface area (Å²) in [5.74, 6) is 0. The molecular formula is C11H12N2O. The molecule has 0 bridgehead atoms. The first-order valence-electron chi connectivity index (χ1n) is 4.69. The predicted molar refractivity (Wildman–Crippen MR) is 56.5 cm³/mol. The smallest absolute Gasteiger partial charge is 0.191 e. The van der Waals surface area contributed by atoms with Crippen molar-refractivity contribution in [1.82, 2.24) is 9.97 Å². The number of fused-ring (bicyclic) bond motifs is 1. The third-order valence-corrected chi connectivity index (χ3v) is 2.34. The Labute approximate surface area is 81.8 Å². The number of aryl methyl sites for hydroxylation is 2. The number of hydrogen-bond acceptors (Lipinski definition) is 2. The molecule has 0 saturated carbocycles. The minimum atomic E-state index is 0.0408. The van der Waals surface area contributed by atoms with E-state index in [2.05, 4.69) is 16.9 Å². The topological polar surface area (TPSA) is 45.8 Å². The van der Waals surface area contributed by atoms with Gasteiger partial charge in [-0.3, -0.25) is 9.78 Å². The molecule has 0 saturated heterocycles. The first-order valence-corrected chi connectivity index (χ1v) is 4.69. The van der Waals surface area contributed by atoms with Crippen molar-refractivity contribution in [3.63, 3.8) is 0 Å². The van der Waals surface area contributed by atoms with Crippen LogP contribution in [0.1, 0.15) is 18.2 Å². The lowest BCUT2D eigenvalue weighted by molar-refractivity contribution is 1.10. The van der Waals surface area contributed by atoms with Crippen LogP contribution in [0.4, 0.5) is 0 Å². The summed E-state index contributed by atoms with van der Waals surface area (Å²) < 4.78 is 0. The highest BCUT2D eigenvalue weighted by Gasteiger charge is 2.03. The number of pyridine rings is 2. The van der Waals surface area contributed by atoms with Crippen LogP contribution in [0.25, 0.3) is 10.9 Å². The van der Waals surface area contributed by atoms with Gasteiger partial charge in [0, 0.05) is 24.2 Å². The molecule has 0 spiro atoms. The van der Waals surface area contributed by atoms with Crippen molar-refractivity contribution in [2.24, 2.45) is 0 Å². The first kappa shape index (κ1) is 8.94. The molecule has 3 nitrogen and oxygen atoms in total. The zero-order valence-electron chi connectivity index (χ0n) is 8.29. The summed E-state index contributed by atoms with van der Waals surface area (Å²) in [5, 5.41) is 0.676. The average Bonchev–Trinajstić information content (AvgIpc) is 2.17. The number of H-pyrrole nitrogens is 1. The van der Waals surface area contributed by atoms with Crippen LogP contribution in [0.3, 0.4) is 0 Å². The van der Waals surface area contributed by atoms with E-state index < -0.39 is 0 Å². The van der Waals surface area contributed by atoms with Gasteiger partial charge in [-0.05, 0) is 18.9 Å². The lowest BCUT2D eigenvalue weighted by atomic mass is 10.1. The van der Waals surface area contributed by atoms with E-state index in [9.17, 15) is 4.79 Å². The van der Waals surface area contributed by atoms with Gasteiger partial charge in [-0.15, -0.1) is 0 Å². The Kier molecular flexibility index (Phi) is 2.08. The van der Waals surface area contributed by atoms with Gasteiger partial charge < -0.3 is 4.98 Å². The molecule has 2 rings (SSSR count). The van der Waals surface area contributed by atoms with E-state index in [4.69, 9.17) is 0 Å². The molecule has 1 N–H and O–H groups in total. The number of nitrogens with one attached hydrogen (secondary N) is 1. The molecule has 0 aliphatic carbocycles. The van der Waals surface area contributed by atoms with Gasteiger partial charge in [-0.1, -0.05) is 6.92 Å². The highest BCUT2D eigenvalue weighted by Crippen LogP contribution is 2.12. The standard InChI is InChI=1S/C11H12N2O/c1-3-8-5-12-6-9-10(14)4-7(2)13-11(8)9/h4-6H,3H2,1-2H3,(H,13,14). The third-order valence-electron chi connectivity index (χ3n) is 2.34. The Balaban J connectivity index is 2.94. The molecule has 0 unspecified atom stereocenters. The van der Waals surface area contributed by atoms with E-state index in [1.54, 1.807) is 18.5 Å². The highest BCUT2D eigenvalue weighted by atomic mass is 16.1. The normalized spacial score (nSPS) is 10.7. The van der Waals surface area contributed by atoms with Crippen LogP contribution >= 0.6 is 0 Å². The highest BCUT2D eigenvalue weighted by molar-refractivity contribution is 5.80. The number of hydrogen-bond donors (Lipinski definition) is 1. The van der Waals surface area contributed by atoms with E-state index in [-0.39, 0.29) is 5.43 Å². The lowest BCUT2D eigenvalue weighted by Crippen LogP contribution is -2.05. The number of aromatic nitrogens is 2. The van der Waals surface area contributed by atoms with Crippen LogP contribution in [-0.2, 0) is 6.42 Å². The largest absolute Gasteiger partial charge is 0.358 e. The van der Waals surface area contributed by atoms with Crippen LogP contribution in [0.5, 0.6) is 0 Å². The quantitative estimate of drug-likeness (QED) is 0.741. The molecule has 0 fully saturated rings. The van der Waals surface area contributed by atoms with Crippen molar-refractivity contribution in [3.05, 3.63) is 39.9 Å². The molecule has 2 aromatic heterocycles. The molecule has 2 aromatic rings. The average molecular weight is 188 g/mol. The van der Waals surface area contributed by atoms with E-state index >= 15 is 0 Å². The molecule has 72 valence electrons. The Morgan fingerprint density at radius 2 is 2.21 bits per heavy atom. The van der Waals surface area contributed by atoms with Crippen LogP contribution < -0.4 is 5.43 Å². The van der Waals surface area contributed by atoms with Crippen molar-refractivity contribution < 1.29 is 0 Å². The van der Waals surface area contributed by atoms with Crippen LogP contribution in [0, 0.1) is 6.92 Å². The van der Waals surface area contributed by atoms with Gasteiger partial charge in [0.1, 0.15) is 0 Å². The van der Waals surface area contributed by atoms with Gasteiger partial charge in [0.05, 0.1) is 10.9 Å². The summed E-state index contributed by atoms with van der Waals surface area (Å²) in [4.78, 5) is 18.9. The van der Waals surface area contributed by atoms with Crippen LogP contribution in [-0.4, -0.2) is 9.97 Å². The second-order valence-corrected chi connectivity index (χ2v) is 3.39. The van der Waals surface area contributed by atoms with Crippen molar-refractivity contribution in [1.29, 1.82) is 0 Å². The monoisotopic (exact) mass is 188 g/mol. The Hall–Kier alpha value is -1.64. The molecular weight excluding hydrogens is 176 g/mol. The fourth-order valence-corrected chi connectivity index (χ4v) is 1.61. The van der Waals surface area contributed by atoms with Crippen LogP contribution in [0.15, 0.2) is 23.3 Å². The maximum Gasteiger partial charge on any atom is 0.191 e. The fourth-order valence-electron chi connectivity index (χ4n) is 1.61. The molecule has 3 heteroatoms. The molecule has 14 heavy (non-hydrogen) atoms. The van der Waals surface area contributed by atoms with E-state index in [0.717, 1.165) is 23.2 Å². The van der Waals surface area contributed by atoms with Gasteiger partial charge in [0.25, 0.3) is 0 Å². The third kappa shape index (κ3) is 1.31. The summed E-state index contributed by atoms with van der Waals surface area (Å²) in [6.45, 7) is 3.94. The number of nitrogens with zero attached hydrogens (tertiary/aromatic N) is 1. The minimum Gasteiger partial charge on any atom is -0.358 e. The molecule has 0 aliphatic rings. The minimum absolute atomic E-state index is 0.0408. The van der Waals surface area contributed by atoms with Gasteiger partial charge in [0.15, 0.2) is 5.43 Å². The molecule has 0 aliphatic heterocycles. The second kappa shape index (κ2) is 3.25. The number of aromatic amines is 1.